The van der Waals surface area contributed by atoms with E-state index in [0.717, 1.165) is 5.03 Å². The van der Waals surface area contributed by atoms with Crippen LogP contribution in [0.4, 0.5) is 0 Å². The molecule has 0 aromatic heterocycles. The lowest BCUT2D eigenvalue weighted by atomic mass is 9.75. The fourth-order valence-corrected chi connectivity index (χ4v) is 1.15. The van der Waals surface area contributed by atoms with Crippen molar-refractivity contribution in [1.82, 2.24) is 0 Å². The van der Waals surface area contributed by atoms with Crippen LogP contribution < -0.4 is 0 Å². The first-order valence-corrected chi connectivity index (χ1v) is 3.63. The summed E-state index contributed by atoms with van der Waals surface area (Å²) in [7, 11) is 2.20. The largest absolute Gasteiger partial charge is 0.111 e. The monoisotopic (exact) mass is 140 g/mol. The average molecular weight is 140 g/mol. The standard InChI is InChI=1S/C7H10BCl/c1-5-4-6(9)2-3-7(5)8/h2-5,7H,8H2,1H3/t5?,7-/m1/s1. The predicted molar refractivity (Wildman–Crippen MR) is 44.5 cm³/mol. The summed E-state index contributed by atoms with van der Waals surface area (Å²) in [6, 6.07) is 0. The maximum atomic E-state index is 5.75. The third kappa shape index (κ3) is 1.62. The number of hydrogen-bond donors (Lipinski definition) is 0. The summed E-state index contributed by atoms with van der Waals surface area (Å²) in [6.07, 6.45) is 6.20. The van der Waals surface area contributed by atoms with Crippen molar-refractivity contribution in [2.45, 2.75) is 12.7 Å². The first kappa shape index (κ1) is 6.95. The Morgan fingerprint density at radius 3 is 2.78 bits per heavy atom. The molecule has 0 aromatic carbocycles. The molecule has 0 radical (unpaired) electrons. The average Bonchev–Trinajstić information content (AvgIpc) is 1.80. The second kappa shape index (κ2) is 2.61. The second-order valence-electron chi connectivity index (χ2n) is 2.63. The number of halogens is 1. The van der Waals surface area contributed by atoms with Crippen molar-refractivity contribution < 1.29 is 0 Å². The van der Waals surface area contributed by atoms with Crippen molar-refractivity contribution in [2.24, 2.45) is 5.92 Å². The third-order valence-electron chi connectivity index (χ3n) is 1.81. The van der Waals surface area contributed by atoms with Crippen molar-refractivity contribution in [3.63, 3.8) is 0 Å². The molecular weight excluding hydrogens is 130 g/mol. The molecule has 0 spiro atoms. The predicted octanol–water partition coefficient (Wildman–Crippen LogP) is 1.74. The first-order valence-electron chi connectivity index (χ1n) is 3.25. The van der Waals surface area contributed by atoms with E-state index in [-0.39, 0.29) is 0 Å². The van der Waals surface area contributed by atoms with Crippen LogP contribution in [-0.4, -0.2) is 7.85 Å². The fourth-order valence-electron chi connectivity index (χ4n) is 0.877. The Kier molecular flexibility index (Phi) is 2.02. The van der Waals surface area contributed by atoms with Crippen LogP contribution in [0.3, 0.4) is 0 Å². The van der Waals surface area contributed by atoms with Gasteiger partial charge in [0.2, 0.25) is 0 Å². The maximum absolute atomic E-state index is 5.75. The lowest BCUT2D eigenvalue weighted by Crippen LogP contribution is -2.02. The van der Waals surface area contributed by atoms with Crippen molar-refractivity contribution in [3.05, 3.63) is 23.3 Å². The summed E-state index contributed by atoms with van der Waals surface area (Å²) >= 11 is 5.75. The quantitative estimate of drug-likeness (QED) is 0.450. The van der Waals surface area contributed by atoms with Gasteiger partial charge in [-0.1, -0.05) is 30.7 Å². The van der Waals surface area contributed by atoms with Crippen molar-refractivity contribution in [3.8, 4) is 0 Å². The van der Waals surface area contributed by atoms with Crippen LogP contribution in [0, 0.1) is 5.92 Å². The normalized spacial score (nSPS) is 34.2. The summed E-state index contributed by atoms with van der Waals surface area (Å²) in [5, 5.41) is 0.876. The molecule has 2 heteroatoms. The minimum absolute atomic E-state index is 0.600. The molecule has 0 fully saturated rings. The van der Waals surface area contributed by atoms with Crippen LogP contribution in [0.15, 0.2) is 23.3 Å². The number of rotatable bonds is 0. The highest BCUT2D eigenvalue weighted by Gasteiger charge is 2.09. The van der Waals surface area contributed by atoms with Gasteiger partial charge in [-0.3, -0.25) is 0 Å². The topological polar surface area (TPSA) is 0 Å². The Morgan fingerprint density at radius 1 is 1.67 bits per heavy atom. The summed E-state index contributed by atoms with van der Waals surface area (Å²) in [5.74, 6) is 1.25. The van der Waals surface area contributed by atoms with Gasteiger partial charge >= 0.3 is 0 Å². The van der Waals surface area contributed by atoms with E-state index >= 15 is 0 Å². The Bertz CT molecular complexity index is 160. The van der Waals surface area contributed by atoms with Gasteiger partial charge in [-0.2, -0.15) is 0 Å². The molecule has 0 N–H and O–H groups in total. The molecule has 0 aliphatic heterocycles. The molecule has 0 heterocycles. The summed E-state index contributed by atoms with van der Waals surface area (Å²) in [5.41, 5.74) is 0. The molecule has 48 valence electrons. The Labute approximate surface area is 62.0 Å². The molecule has 0 saturated carbocycles. The zero-order chi connectivity index (χ0) is 6.85. The van der Waals surface area contributed by atoms with Gasteiger partial charge in [0.25, 0.3) is 0 Å². The molecule has 1 aliphatic rings. The summed E-state index contributed by atoms with van der Waals surface area (Å²) in [6.45, 7) is 2.18. The van der Waals surface area contributed by atoms with Gasteiger partial charge in [-0.25, -0.2) is 0 Å². The smallest absolute Gasteiger partial charge is 0.0874 e. The van der Waals surface area contributed by atoms with Crippen molar-refractivity contribution in [2.75, 3.05) is 0 Å². The van der Waals surface area contributed by atoms with E-state index < -0.39 is 0 Å². The molecule has 0 saturated heterocycles. The summed E-state index contributed by atoms with van der Waals surface area (Å²) in [4.78, 5) is 0. The van der Waals surface area contributed by atoms with E-state index in [9.17, 15) is 0 Å². The van der Waals surface area contributed by atoms with Gasteiger partial charge < -0.3 is 0 Å². The van der Waals surface area contributed by atoms with Crippen LogP contribution in [0.25, 0.3) is 0 Å². The van der Waals surface area contributed by atoms with E-state index in [1.807, 2.05) is 6.08 Å². The minimum Gasteiger partial charge on any atom is -0.0874 e. The van der Waals surface area contributed by atoms with Gasteiger partial charge in [-0.05, 0) is 17.8 Å². The SMILES string of the molecule is B[C@@H]1C=CC(Cl)=CC1C. The minimum atomic E-state index is 0.600. The summed E-state index contributed by atoms with van der Waals surface area (Å²) < 4.78 is 0. The number of hydrogen-bond acceptors (Lipinski definition) is 0. The van der Waals surface area contributed by atoms with Crippen LogP contribution in [0.2, 0.25) is 5.82 Å². The molecule has 0 amide bonds. The van der Waals surface area contributed by atoms with E-state index in [4.69, 9.17) is 11.6 Å². The number of allylic oxidation sites excluding steroid dienone is 4. The van der Waals surface area contributed by atoms with Crippen LogP contribution in [0.5, 0.6) is 0 Å². The lowest BCUT2D eigenvalue weighted by molar-refractivity contribution is 0.732. The Balaban J connectivity index is 2.70. The molecule has 1 aliphatic carbocycles. The molecular formula is C7H10BCl. The zero-order valence-electron chi connectivity index (χ0n) is 5.76. The van der Waals surface area contributed by atoms with E-state index in [0.29, 0.717) is 11.7 Å². The first-order chi connectivity index (χ1) is 4.20. The van der Waals surface area contributed by atoms with E-state index in [2.05, 4.69) is 26.9 Å². The fraction of sp³-hybridized carbons (Fsp3) is 0.429. The molecule has 0 aromatic rings. The van der Waals surface area contributed by atoms with Crippen LogP contribution >= 0.6 is 11.6 Å². The highest BCUT2D eigenvalue weighted by molar-refractivity contribution is 6.31. The third-order valence-corrected chi connectivity index (χ3v) is 2.06. The molecule has 2 atom stereocenters. The molecule has 1 rings (SSSR count). The molecule has 0 nitrogen and oxygen atoms in total. The van der Waals surface area contributed by atoms with Crippen molar-refractivity contribution >= 4 is 19.4 Å². The van der Waals surface area contributed by atoms with Gasteiger partial charge in [-0.15, -0.1) is 0 Å². The van der Waals surface area contributed by atoms with Gasteiger partial charge in [0.05, 0.1) is 0 Å². The van der Waals surface area contributed by atoms with Gasteiger partial charge in [0.15, 0.2) is 0 Å². The molecule has 1 unspecified atom stereocenters. The molecule has 0 bridgehead atoms. The Hall–Kier alpha value is -0.165. The van der Waals surface area contributed by atoms with Crippen LogP contribution in [0.1, 0.15) is 6.92 Å². The van der Waals surface area contributed by atoms with E-state index in [1.165, 1.54) is 0 Å². The van der Waals surface area contributed by atoms with Gasteiger partial charge in [0.1, 0.15) is 7.85 Å². The van der Waals surface area contributed by atoms with Gasteiger partial charge in [0, 0.05) is 5.03 Å². The zero-order valence-corrected chi connectivity index (χ0v) is 6.52. The highest BCUT2D eigenvalue weighted by atomic mass is 35.5. The van der Waals surface area contributed by atoms with Crippen LogP contribution in [-0.2, 0) is 0 Å². The highest BCUT2D eigenvalue weighted by Crippen LogP contribution is 2.25. The van der Waals surface area contributed by atoms with E-state index in [1.54, 1.807) is 0 Å². The lowest BCUT2D eigenvalue weighted by Gasteiger charge is -2.15. The second-order valence-corrected chi connectivity index (χ2v) is 3.07. The Morgan fingerprint density at radius 2 is 2.33 bits per heavy atom. The molecule has 9 heavy (non-hydrogen) atoms. The van der Waals surface area contributed by atoms with Crippen molar-refractivity contribution in [1.29, 1.82) is 0 Å². The maximum Gasteiger partial charge on any atom is 0.111 e.